The minimum absolute atomic E-state index is 0.0237. The van der Waals surface area contributed by atoms with Gasteiger partial charge in [-0.25, -0.2) is 15.3 Å². The van der Waals surface area contributed by atoms with Gasteiger partial charge in [0.2, 0.25) is 0 Å². The zero-order chi connectivity index (χ0) is 18.9. The number of piperidine rings is 1. The summed E-state index contributed by atoms with van der Waals surface area (Å²) >= 11 is 3.44. The number of hydrogen-bond acceptors (Lipinski definition) is 5. The molecule has 6 nitrogen and oxygen atoms in total. The highest BCUT2D eigenvalue weighted by atomic mass is 79.9. The van der Waals surface area contributed by atoms with Crippen LogP contribution in [0, 0.1) is 0 Å². The number of ether oxygens (including phenoxy) is 1. The molecule has 0 radical (unpaired) electrons. The average Bonchev–Trinajstić information content (AvgIpc) is 3.12. The number of carbonyl (C=O) groups is 1. The van der Waals surface area contributed by atoms with Crippen molar-refractivity contribution in [3.63, 3.8) is 0 Å². The molecule has 0 bridgehead atoms. The van der Waals surface area contributed by atoms with Gasteiger partial charge in [0, 0.05) is 41.5 Å². The third-order valence-corrected chi connectivity index (χ3v) is 5.47. The standard InChI is InChI=1S/C20H20BrN3O3/c1-26-17-8-4-15(5-9-17)19(25)24-12-10-20(11-13-24)22-18(23-27-20)14-2-6-16(21)7-3-14/h2-9H,10-13H2,1H3,(H,22,23). The van der Waals surface area contributed by atoms with Crippen LogP contribution in [-0.4, -0.2) is 42.6 Å². The van der Waals surface area contributed by atoms with Crippen LogP contribution in [0.2, 0.25) is 0 Å². The van der Waals surface area contributed by atoms with Crippen LogP contribution in [0.1, 0.15) is 28.8 Å². The van der Waals surface area contributed by atoms with Crippen LogP contribution in [0.4, 0.5) is 0 Å². The number of hydroxylamine groups is 1. The van der Waals surface area contributed by atoms with Crippen molar-refractivity contribution in [1.82, 2.24) is 10.4 Å². The molecular weight excluding hydrogens is 410 g/mol. The summed E-state index contributed by atoms with van der Waals surface area (Å²) in [6.45, 7) is 1.20. The molecule has 27 heavy (non-hydrogen) atoms. The Morgan fingerprint density at radius 1 is 1.15 bits per heavy atom. The summed E-state index contributed by atoms with van der Waals surface area (Å²) in [5.74, 6) is 1.50. The molecule has 0 atom stereocenters. The van der Waals surface area contributed by atoms with Crippen molar-refractivity contribution in [2.24, 2.45) is 4.99 Å². The van der Waals surface area contributed by atoms with E-state index in [-0.39, 0.29) is 5.91 Å². The number of aliphatic imine (C=N–C) groups is 1. The normalized spacial score (nSPS) is 18.1. The SMILES string of the molecule is COc1ccc(C(=O)N2CCC3(CC2)N=C(c2ccc(Br)cc2)NO3)cc1. The van der Waals surface area contributed by atoms with Gasteiger partial charge in [-0.1, -0.05) is 28.1 Å². The number of rotatable bonds is 3. The first-order valence-corrected chi connectivity index (χ1v) is 9.61. The molecule has 0 aliphatic carbocycles. The van der Waals surface area contributed by atoms with E-state index in [4.69, 9.17) is 14.6 Å². The van der Waals surface area contributed by atoms with Gasteiger partial charge in [-0.3, -0.25) is 4.79 Å². The lowest BCUT2D eigenvalue weighted by Crippen LogP contribution is -2.46. The molecule has 0 saturated carbocycles. The highest BCUT2D eigenvalue weighted by Gasteiger charge is 2.41. The van der Waals surface area contributed by atoms with E-state index in [9.17, 15) is 4.79 Å². The van der Waals surface area contributed by atoms with Crippen LogP contribution >= 0.6 is 15.9 Å². The van der Waals surface area contributed by atoms with Crippen LogP contribution in [-0.2, 0) is 4.84 Å². The Kier molecular flexibility index (Phi) is 4.88. The van der Waals surface area contributed by atoms with Crippen LogP contribution < -0.4 is 10.2 Å². The molecule has 1 fully saturated rings. The highest BCUT2D eigenvalue weighted by molar-refractivity contribution is 9.10. The Balaban J connectivity index is 1.42. The summed E-state index contributed by atoms with van der Waals surface area (Å²) in [6.07, 6.45) is 1.31. The van der Waals surface area contributed by atoms with Crippen LogP contribution in [0.3, 0.4) is 0 Å². The van der Waals surface area contributed by atoms with Gasteiger partial charge in [0.1, 0.15) is 5.75 Å². The maximum absolute atomic E-state index is 12.7. The van der Waals surface area contributed by atoms with E-state index >= 15 is 0 Å². The Bertz CT molecular complexity index is 857. The van der Waals surface area contributed by atoms with Gasteiger partial charge >= 0.3 is 0 Å². The van der Waals surface area contributed by atoms with E-state index in [1.807, 2.05) is 29.2 Å². The lowest BCUT2D eigenvalue weighted by atomic mass is 10.00. The number of hydrogen-bond donors (Lipinski definition) is 1. The molecule has 1 amide bonds. The van der Waals surface area contributed by atoms with Crippen LogP contribution in [0.25, 0.3) is 0 Å². The molecular formula is C20H20BrN3O3. The minimum Gasteiger partial charge on any atom is -0.497 e. The number of carbonyl (C=O) groups excluding carboxylic acids is 1. The minimum atomic E-state index is -0.598. The first-order chi connectivity index (χ1) is 13.1. The van der Waals surface area contributed by atoms with Crippen molar-refractivity contribution < 1.29 is 14.4 Å². The van der Waals surface area contributed by atoms with Crippen molar-refractivity contribution in [3.05, 3.63) is 64.1 Å². The van der Waals surface area contributed by atoms with E-state index in [0.717, 1.165) is 21.6 Å². The molecule has 7 heteroatoms. The second-order valence-corrected chi connectivity index (χ2v) is 7.55. The Morgan fingerprint density at radius 3 is 2.44 bits per heavy atom. The smallest absolute Gasteiger partial charge is 0.253 e. The van der Waals surface area contributed by atoms with Crippen molar-refractivity contribution in [2.45, 2.75) is 18.6 Å². The molecule has 1 spiro atoms. The number of nitrogens with one attached hydrogen (secondary N) is 1. The lowest BCUT2D eigenvalue weighted by molar-refractivity contribution is -0.0849. The molecule has 0 aromatic heterocycles. The molecule has 2 aromatic carbocycles. The zero-order valence-corrected chi connectivity index (χ0v) is 16.5. The van der Waals surface area contributed by atoms with Crippen molar-refractivity contribution in [3.8, 4) is 5.75 Å². The summed E-state index contributed by atoms with van der Waals surface area (Å²) < 4.78 is 6.16. The van der Waals surface area contributed by atoms with E-state index in [2.05, 4.69) is 21.4 Å². The molecule has 2 aromatic rings. The third-order valence-electron chi connectivity index (χ3n) is 4.94. The molecule has 4 rings (SSSR count). The lowest BCUT2D eigenvalue weighted by Gasteiger charge is -2.35. The summed E-state index contributed by atoms with van der Waals surface area (Å²) in [5, 5.41) is 0. The van der Waals surface area contributed by atoms with E-state index < -0.39 is 5.72 Å². The average molecular weight is 430 g/mol. The second-order valence-electron chi connectivity index (χ2n) is 6.64. The highest BCUT2D eigenvalue weighted by Crippen LogP contribution is 2.32. The number of halogens is 1. The third kappa shape index (κ3) is 3.70. The Labute approximate surface area is 166 Å². The molecule has 1 saturated heterocycles. The fourth-order valence-electron chi connectivity index (χ4n) is 3.31. The number of benzene rings is 2. The predicted molar refractivity (Wildman–Crippen MR) is 106 cm³/mol. The van der Waals surface area contributed by atoms with Crippen LogP contribution in [0.15, 0.2) is 58.0 Å². The fraction of sp³-hybridized carbons (Fsp3) is 0.300. The summed E-state index contributed by atoms with van der Waals surface area (Å²) in [6, 6.07) is 15.1. The maximum Gasteiger partial charge on any atom is 0.253 e. The molecule has 2 heterocycles. The van der Waals surface area contributed by atoms with Gasteiger partial charge < -0.3 is 9.64 Å². The van der Waals surface area contributed by atoms with Crippen molar-refractivity contribution in [1.29, 1.82) is 0 Å². The quantitative estimate of drug-likeness (QED) is 0.811. The van der Waals surface area contributed by atoms with E-state index in [1.54, 1.807) is 31.4 Å². The molecule has 1 N–H and O–H groups in total. The second kappa shape index (κ2) is 7.32. The number of methoxy groups -OCH3 is 1. The summed E-state index contributed by atoms with van der Waals surface area (Å²) in [5.41, 5.74) is 4.00. The largest absolute Gasteiger partial charge is 0.497 e. The Hall–Kier alpha value is -2.38. The zero-order valence-electron chi connectivity index (χ0n) is 14.9. The Morgan fingerprint density at radius 2 is 1.81 bits per heavy atom. The van der Waals surface area contributed by atoms with Crippen molar-refractivity contribution >= 4 is 27.7 Å². The molecule has 2 aliphatic rings. The van der Waals surface area contributed by atoms with Crippen LogP contribution in [0.5, 0.6) is 5.75 Å². The van der Waals surface area contributed by atoms with E-state index in [0.29, 0.717) is 31.5 Å². The monoisotopic (exact) mass is 429 g/mol. The molecule has 2 aliphatic heterocycles. The van der Waals surface area contributed by atoms with Crippen molar-refractivity contribution in [2.75, 3.05) is 20.2 Å². The topological polar surface area (TPSA) is 63.2 Å². The summed E-state index contributed by atoms with van der Waals surface area (Å²) in [7, 11) is 1.61. The van der Waals surface area contributed by atoms with Gasteiger partial charge in [-0.15, -0.1) is 0 Å². The number of nitrogens with zero attached hydrogens (tertiary/aromatic N) is 2. The fourth-order valence-corrected chi connectivity index (χ4v) is 3.58. The van der Waals surface area contributed by atoms with E-state index in [1.165, 1.54) is 0 Å². The first kappa shape index (κ1) is 18.0. The first-order valence-electron chi connectivity index (χ1n) is 8.82. The molecule has 0 unspecified atom stereocenters. The van der Waals surface area contributed by atoms with Gasteiger partial charge in [0.05, 0.1) is 7.11 Å². The van der Waals surface area contributed by atoms with Gasteiger partial charge in [-0.05, 0) is 36.4 Å². The maximum atomic E-state index is 12.7. The number of likely N-dealkylation sites (tertiary alicyclic amines) is 1. The number of amides is 1. The van der Waals surface area contributed by atoms with Gasteiger partial charge in [-0.2, -0.15) is 0 Å². The van der Waals surface area contributed by atoms with Gasteiger partial charge in [0.25, 0.3) is 5.91 Å². The van der Waals surface area contributed by atoms with Gasteiger partial charge in [0.15, 0.2) is 11.6 Å². The predicted octanol–water partition coefficient (Wildman–Crippen LogP) is 3.37. The molecule has 140 valence electrons. The summed E-state index contributed by atoms with van der Waals surface area (Å²) in [4.78, 5) is 25.2. The number of amidine groups is 1.